The summed E-state index contributed by atoms with van der Waals surface area (Å²) in [6.07, 6.45) is 2.08. The molecule has 0 aliphatic carbocycles. The van der Waals surface area contributed by atoms with E-state index in [4.69, 9.17) is 0 Å². The lowest BCUT2D eigenvalue weighted by Gasteiger charge is -2.35. The van der Waals surface area contributed by atoms with E-state index < -0.39 is 29.8 Å². The van der Waals surface area contributed by atoms with E-state index in [1.807, 2.05) is 20.0 Å². The number of amides is 1. The zero-order valence-corrected chi connectivity index (χ0v) is 21.8. The molecular weight excluding hydrogens is 457 g/mol. The average Bonchev–Trinajstić information content (AvgIpc) is 2.71. The highest BCUT2D eigenvalue weighted by Crippen LogP contribution is 2.37. The normalized spacial score (nSPS) is 13.0. The van der Waals surface area contributed by atoms with Crippen LogP contribution < -0.4 is 4.72 Å². The van der Waals surface area contributed by atoms with E-state index in [-0.39, 0.29) is 33.8 Å². The van der Waals surface area contributed by atoms with Crippen LogP contribution in [0.2, 0.25) is 18.1 Å². The summed E-state index contributed by atoms with van der Waals surface area (Å²) >= 11 is 0. The van der Waals surface area contributed by atoms with E-state index in [0.29, 0.717) is 5.56 Å². The summed E-state index contributed by atoms with van der Waals surface area (Å²) in [4.78, 5) is 25.8. The van der Waals surface area contributed by atoms with Crippen molar-refractivity contribution in [2.75, 3.05) is 0 Å². The smallest absolute Gasteiger partial charge is 0.265 e. The van der Waals surface area contributed by atoms with Gasteiger partial charge in [0.1, 0.15) is 19.3 Å². The van der Waals surface area contributed by atoms with Crippen molar-refractivity contribution >= 4 is 35.0 Å². The van der Waals surface area contributed by atoms with Crippen molar-refractivity contribution in [2.45, 2.75) is 63.6 Å². The van der Waals surface area contributed by atoms with Crippen LogP contribution >= 0.6 is 0 Å². The van der Waals surface area contributed by atoms with Gasteiger partial charge < -0.3 is 4.79 Å². The Bertz CT molecular complexity index is 1150. The van der Waals surface area contributed by atoms with Crippen LogP contribution in [0.5, 0.6) is 0 Å². The molecule has 178 valence electrons. The number of hydrogen-bond donors (Lipinski definition) is 1. The maximum atomic E-state index is 13.4. The van der Waals surface area contributed by atoms with Crippen LogP contribution in [0.4, 0.5) is 4.39 Å². The summed E-state index contributed by atoms with van der Waals surface area (Å²) < 4.78 is 40.9. The van der Waals surface area contributed by atoms with Gasteiger partial charge in [0.15, 0.2) is 0 Å². The summed E-state index contributed by atoms with van der Waals surface area (Å²) in [6, 6.07) is 11.3. The number of halogens is 1. The van der Waals surface area contributed by atoms with E-state index in [0.717, 1.165) is 5.56 Å². The van der Waals surface area contributed by atoms with Gasteiger partial charge in [-0.1, -0.05) is 69.8 Å². The molecule has 0 aromatic heterocycles. The largest absolute Gasteiger partial charge is 0.305 e. The first-order chi connectivity index (χ1) is 15.1. The second kappa shape index (κ2) is 10.1. The van der Waals surface area contributed by atoms with Crippen LogP contribution in [-0.2, 0) is 19.6 Å². The molecule has 0 atom stereocenters. The Morgan fingerprint density at radius 1 is 1.00 bits per heavy atom. The number of hydrogen-bond acceptors (Lipinski definition) is 4. The minimum atomic E-state index is -4.10. The molecular formula is C25H32FNO4SSi. The molecule has 2 rings (SSSR count). The maximum Gasteiger partial charge on any atom is 0.265 e. The highest BCUT2D eigenvalue weighted by Gasteiger charge is 2.41. The maximum absolute atomic E-state index is 13.4. The molecule has 0 fully saturated rings. The van der Waals surface area contributed by atoms with E-state index >= 15 is 0 Å². The quantitative estimate of drug-likeness (QED) is 0.397. The fourth-order valence-electron chi connectivity index (χ4n) is 3.00. The highest BCUT2D eigenvalue weighted by molar-refractivity contribution is 7.90. The molecule has 1 amide bonds. The van der Waals surface area contributed by atoms with Crippen molar-refractivity contribution in [3.05, 3.63) is 71.6 Å². The molecule has 0 aliphatic rings. The van der Waals surface area contributed by atoms with Gasteiger partial charge in [0.05, 0.1) is 4.90 Å². The molecule has 5 nitrogen and oxygen atoms in total. The third kappa shape index (κ3) is 6.71. The lowest BCUT2D eigenvalue weighted by molar-refractivity contribution is -0.114. The van der Waals surface area contributed by atoms with E-state index in [1.54, 1.807) is 18.2 Å². The number of benzene rings is 2. The second-order valence-corrected chi connectivity index (χ2v) is 16.7. The fraction of sp³-hybridized carbons (Fsp3) is 0.360. The van der Waals surface area contributed by atoms with Gasteiger partial charge in [-0.25, -0.2) is 17.5 Å². The first kappa shape index (κ1) is 26.7. The van der Waals surface area contributed by atoms with E-state index in [1.165, 1.54) is 36.4 Å². The van der Waals surface area contributed by atoms with Gasteiger partial charge >= 0.3 is 0 Å². The highest BCUT2D eigenvalue weighted by atomic mass is 32.2. The van der Waals surface area contributed by atoms with Gasteiger partial charge in [-0.15, -0.1) is 0 Å². The van der Waals surface area contributed by atoms with Crippen molar-refractivity contribution in [2.24, 2.45) is 0 Å². The van der Waals surface area contributed by atoms with Gasteiger partial charge in [0, 0.05) is 12.0 Å². The van der Waals surface area contributed by atoms with Gasteiger partial charge in [-0.05, 0) is 48.2 Å². The summed E-state index contributed by atoms with van der Waals surface area (Å²) in [5.74, 6) is -1.30. The number of sulfonamides is 1. The van der Waals surface area contributed by atoms with Gasteiger partial charge in [0.25, 0.3) is 15.9 Å². The van der Waals surface area contributed by atoms with Crippen LogP contribution in [0.3, 0.4) is 0 Å². The summed E-state index contributed by atoms with van der Waals surface area (Å²) in [6.45, 7) is 12.1. The van der Waals surface area contributed by atoms with Crippen molar-refractivity contribution < 1.29 is 22.4 Å². The van der Waals surface area contributed by atoms with Gasteiger partial charge in [0.2, 0.25) is 0 Å². The lowest BCUT2D eigenvalue weighted by atomic mass is 10.0. The Kier molecular flexibility index (Phi) is 8.19. The molecule has 2 aromatic rings. The van der Waals surface area contributed by atoms with Crippen LogP contribution in [0, 0.1) is 12.7 Å². The molecule has 8 heteroatoms. The van der Waals surface area contributed by atoms with E-state index in [2.05, 4.69) is 25.5 Å². The molecule has 0 aliphatic heterocycles. The number of carbonyl (C=O) groups is 2. The van der Waals surface area contributed by atoms with E-state index in [9.17, 15) is 22.4 Å². The predicted octanol–water partition coefficient (Wildman–Crippen LogP) is 5.42. The minimum absolute atomic E-state index is 0.0342. The average molecular weight is 490 g/mol. The first-order valence-corrected chi connectivity index (χ1v) is 15.3. The summed E-state index contributed by atoms with van der Waals surface area (Å²) in [5.41, 5.74) is 1.33. The minimum Gasteiger partial charge on any atom is -0.305 e. The number of carbonyl (C=O) groups excluding carboxylic acids is 2. The topological polar surface area (TPSA) is 80.3 Å². The van der Waals surface area contributed by atoms with Crippen LogP contribution in [0.25, 0.3) is 5.57 Å². The predicted molar refractivity (Wildman–Crippen MR) is 132 cm³/mol. The SMILES string of the molecule is Cc1ccc(S(=O)(=O)NC(=O)/C(=C/CCC(=O)[Si](C)(C)C(C)(C)C)c2ccc(F)cc2)cc1. The molecule has 0 bridgehead atoms. The third-order valence-corrected chi connectivity index (χ3v) is 13.0. The Hall–Kier alpha value is -2.58. The lowest BCUT2D eigenvalue weighted by Crippen LogP contribution is -2.46. The second-order valence-electron chi connectivity index (χ2n) is 9.71. The molecule has 0 saturated heterocycles. The first-order valence-electron chi connectivity index (χ1n) is 10.8. The Balaban J connectivity index is 2.30. The standard InChI is InChI=1S/C25H32FNO4SSi/c1-18-10-16-21(17-11-18)32(30,31)27-24(29)22(19-12-14-20(26)15-13-19)8-7-9-23(28)33(5,6)25(2,3)4/h8,10-17H,7,9H2,1-6H3,(H,27,29)/b22-8+. The zero-order valence-electron chi connectivity index (χ0n) is 20.0. The van der Waals surface area contributed by atoms with Crippen molar-refractivity contribution in [3.63, 3.8) is 0 Å². The summed E-state index contributed by atoms with van der Waals surface area (Å²) in [7, 11) is -6.29. The molecule has 0 radical (unpaired) electrons. The monoisotopic (exact) mass is 489 g/mol. The number of aryl methyl sites for hydroxylation is 1. The molecule has 33 heavy (non-hydrogen) atoms. The molecule has 0 unspecified atom stereocenters. The van der Waals surface area contributed by atoms with Gasteiger partial charge in [-0.3, -0.25) is 4.79 Å². The summed E-state index contributed by atoms with van der Waals surface area (Å²) in [5, 5.41) is 0.0740. The van der Waals surface area contributed by atoms with Crippen LogP contribution in [0.15, 0.2) is 59.5 Å². The number of allylic oxidation sites excluding steroid dienone is 1. The number of rotatable bonds is 8. The van der Waals surface area contributed by atoms with Crippen LogP contribution in [0.1, 0.15) is 44.7 Å². The Morgan fingerprint density at radius 3 is 2.06 bits per heavy atom. The van der Waals surface area contributed by atoms with Gasteiger partial charge in [-0.2, -0.15) is 0 Å². The molecule has 2 aromatic carbocycles. The molecule has 0 saturated carbocycles. The zero-order chi connectivity index (χ0) is 25.0. The number of nitrogens with one attached hydrogen (secondary N) is 1. The van der Waals surface area contributed by atoms with Crippen molar-refractivity contribution in [1.29, 1.82) is 0 Å². The van der Waals surface area contributed by atoms with Crippen molar-refractivity contribution in [1.82, 2.24) is 4.72 Å². The molecule has 1 N–H and O–H groups in total. The van der Waals surface area contributed by atoms with Crippen molar-refractivity contribution in [3.8, 4) is 0 Å². The van der Waals surface area contributed by atoms with Crippen LogP contribution in [-0.4, -0.2) is 27.8 Å². The Morgan fingerprint density at radius 2 is 1.55 bits per heavy atom. The molecule has 0 spiro atoms. The Labute approximate surface area is 197 Å². The fourth-order valence-corrected chi connectivity index (χ4v) is 5.57. The molecule has 0 heterocycles. The third-order valence-electron chi connectivity index (χ3n) is 6.25.